The van der Waals surface area contributed by atoms with E-state index in [0.717, 1.165) is 10.7 Å². The van der Waals surface area contributed by atoms with E-state index in [1.165, 1.54) is 23.9 Å². The number of carbonyl (C=O) groups excluding carboxylic acids is 1. The molecule has 1 N–H and O–H groups in total. The van der Waals surface area contributed by atoms with Gasteiger partial charge in [-0.15, -0.1) is 16.8 Å². The molecule has 1 atom stereocenters. The first kappa shape index (κ1) is 19.8. The normalized spacial score (nSPS) is 11.8. The van der Waals surface area contributed by atoms with Gasteiger partial charge in [0.05, 0.1) is 6.04 Å². The topological polar surface area (TPSA) is 59.8 Å². The highest BCUT2D eigenvalue weighted by molar-refractivity contribution is 7.98. The van der Waals surface area contributed by atoms with Gasteiger partial charge >= 0.3 is 0 Å². The quantitative estimate of drug-likeness (QED) is 0.453. The van der Waals surface area contributed by atoms with E-state index in [1.807, 2.05) is 29.7 Å². The smallest absolute Gasteiger partial charge is 0.251 e. The molecule has 5 nitrogen and oxygen atoms in total. The van der Waals surface area contributed by atoms with Gasteiger partial charge in [-0.1, -0.05) is 48.2 Å². The Labute approximate surface area is 167 Å². The number of hydrogen-bond donors (Lipinski definition) is 1. The van der Waals surface area contributed by atoms with Crippen LogP contribution in [0.3, 0.4) is 0 Å². The molecule has 144 valence electrons. The molecule has 0 saturated heterocycles. The van der Waals surface area contributed by atoms with Crippen molar-refractivity contribution in [2.75, 3.05) is 0 Å². The second-order valence-electron chi connectivity index (χ2n) is 6.22. The van der Waals surface area contributed by atoms with Gasteiger partial charge in [-0.3, -0.25) is 4.79 Å². The van der Waals surface area contributed by atoms with Crippen LogP contribution in [0.4, 0.5) is 4.39 Å². The number of thioether (sulfide) groups is 1. The second kappa shape index (κ2) is 9.32. The molecular weight excluding hydrogens is 375 g/mol. The van der Waals surface area contributed by atoms with Crippen LogP contribution in [0, 0.1) is 5.82 Å². The van der Waals surface area contributed by atoms with E-state index in [4.69, 9.17) is 0 Å². The SMILES string of the molecule is C=CCn1c(SCc2ccc(F)cc2)nnc1C(C)NC(=O)c1ccccc1. The van der Waals surface area contributed by atoms with Gasteiger partial charge in [-0.05, 0) is 36.8 Å². The van der Waals surface area contributed by atoms with E-state index in [2.05, 4.69) is 22.1 Å². The summed E-state index contributed by atoms with van der Waals surface area (Å²) < 4.78 is 15.0. The van der Waals surface area contributed by atoms with Crippen LogP contribution < -0.4 is 5.32 Å². The van der Waals surface area contributed by atoms with Crippen molar-refractivity contribution >= 4 is 17.7 Å². The van der Waals surface area contributed by atoms with Crippen LogP contribution in [-0.4, -0.2) is 20.7 Å². The maximum Gasteiger partial charge on any atom is 0.251 e. The predicted molar refractivity (Wildman–Crippen MR) is 109 cm³/mol. The molecule has 2 aromatic carbocycles. The zero-order valence-corrected chi connectivity index (χ0v) is 16.3. The lowest BCUT2D eigenvalue weighted by atomic mass is 10.2. The maximum absolute atomic E-state index is 13.1. The van der Waals surface area contributed by atoms with Crippen molar-refractivity contribution in [3.05, 3.63) is 90.0 Å². The molecule has 0 aliphatic rings. The van der Waals surface area contributed by atoms with Crippen molar-refractivity contribution in [1.29, 1.82) is 0 Å². The average Bonchev–Trinajstić information content (AvgIpc) is 3.11. The number of benzene rings is 2. The molecule has 0 radical (unpaired) electrons. The Balaban J connectivity index is 1.72. The highest BCUT2D eigenvalue weighted by Crippen LogP contribution is 2.24. The Morgan fingerprint density at radius 3 is 2.61 bits per heavy atom. The molecule has 0 fully saturated rings. The average molecular weight is 396 g/mol. The van der Waals surface area contributed by atoms with Gasteiger partial charge in [0.2, 0.25) is 0 Å². The summed E-state index contributed by atoms with van der Waals surface area (Å²) in [5.74, 6) is 0.877. The third-order valence-corrected chi connectivity index (χ3v) is 5.15. The predicted octanol–water partition coefficient (Wildman–Crippen LogP) is 4.39. The molecule has 1 heterocycles. The molecule has 3 rings (SSSR count). The number of carbonyl (C=O) groups is 1. The number of amides is 1. The van der Waals surface area contributed by atoms with Crippen molar-refractivity contribution in [2.24, 2.45) is 0 Å². The summed E-state index contributed by atoms with van der Waals surface area (Å²) in [6.07, 6.45) is 1.76. The van der Waals surface area contributed by atoms with Crippen LogP contribution in [-0.2, 0) is 12.3 Å². The molecule has 0 saturated carbocycles. The lowest BCUT2D eigenvalue weighted by molar-refractivity contribution is 0.0937. The standard InChI is InChI=1S/C21H21FN4OS/c1-3-13-26-19(15(2)23-20(27)17-7-5-4-6-8-17)24-25-21(26)28-14-16-9-11-18(22)12-10-16/h3-12,15H,1,13-14H2,2H3,(H,23,27). The zero-order chi connectivity index (χ0) is 19.9. The minimum atomic E-state index is -0.319. The molecule has 3 aromatic rings. The van der Waals surface area contributed by atoms with Gasteiger partial charge in [0, 0.05) is 17.9 Å². The van der Waals surface area contributed by atoms with Gasteiger partial charge in [0.1, 0.15) is 5.82 Å². The van der Waals surface area contributed by atoms with Crippen LogP contribution in [0.5, 0.6) is 0 Å². The summed E-state index contributed by atoms with van der Waals surface area (Å²) in [7, 11) is 0. The zero-order valence-electron chi connectivity index (χ0n) is 15.5. The van der Waals surface area contributed by atoms with Gasteiger partial charge in [-0.2, -0.15) is 0 Å². The first-order valence-electron chi connectivity index (χ1n) is 8.85. The molecule has 0 aliphatic heterocycles. The van der Waals surface area contributed by atoms with E-state index in [9.17, 15) is 9.18 Å². The highest BCUT2D eigenvalue weighted by Gasteiger charge is 2.19. The van der Waals surface area contributed by atoms with E-state index in [1.54, 1.807) is 30.3 Å². The summed E-state index contributed by atoms with van der Waals surface area (Å²) in [6.45, 7) is 6.20. The summed E-state index contributed by atoms with van der Waals surface area (Å²) in [6, 6.07) is 15.1. The number of nitrogens with one attached hydrogen (secondary N) is 1. The molecule has 1 unspecified atom stereocenters. The number of halogens is 1. The summed E-state index contributed by atoms with van der Waals surface area (Å²) in [4.78, 5) is 12.4. The number of rotatable bonds is 8. The summed E-state index contributed by atoms with van der Waals surface area (Å²) >= 11 is 1.51. The Kier molecular flexibility index (Phi) is 6.60. The van der Waals surface area contributed by atoms with Gasteiger partial charge < -0.3 is 9.88 Å². The fourth-order valence-corrected chi connectivity index (χ4v) is 3.60. The van der Waals surface area contributed by atoms with Crippen LogP contribution in [0.2, 0.25) is 0 Å². The molecular formula is C21H21FN4OS. The Bertz CT molecular complexity index is 941. The van der Waals surface area contributed by atoms with Crippen molar-refractivity contribution < 1.29 is 9.18 Å². The van der Waals surface area contributed by atoms with Gasteiger partial charge in [0.25, 0.3) is 5.91 Å². The first-order valence-corrected chi connectivity index (χ1v) is 9.84. The lowest BCUT2D eigenvalue weighted by Crippen LogP contribution is -2.28. The number of nitrogens with zero attached hydrogens (tertiary/aromatic N) is 3. The molecule has 28 heavy (non-hydrogen) atoms. The van der Waals surface area contributed by atoms with E-state index >= 15 is 0 Å². The van der Waals surface area contributed by atoms with Crippen molar-refractivity contribution in [3.63, 3.8) is 0 Å². The monoisotopic (exact) mass is 396 g/mol. The lowest BCUT2D eigenvalue weighted by Gasteiger charge is -2.15. The van der Waals surface area contributed by atoms with E-state index < -0.39 is 0 Å². The Morgan fingerprint density at radius 1 is 1.21 bits per heavy atom. The first-order chi connectivity index (χ1) is 13.6. The van der Waals surface area contributed by atoms with Crippen molar-refractivity contribution in [3.8, 4) is 0 Å². The van der Waals surface area contributed by atoms with Crippen molar-refractivity contribution in [1.82, 2.24) is 20.1 Å². The molecule has 0 aliphatic carbocycles. The highest BCUT2D eigenvalue weighted by atomic mass is 32.2. The van der Waals surface area contributed by atoms with E-state index in [0.29, 0.717) is 23.7 Å². The molecule has 0 bridgehead atoms. The van der Waals surface area contributed by atoms with E-state index in [-0.39, 0.29) is 17.8 Å². The Hall–Kier alpha value is -2.93. The van der Waals surface area contributed by atoms with Crippen LogP contribution >= 0.6 is 11.8 Å². The maximum atomic E-state index is 13.1. The Morgan fingerprint density at radius 2 is 1.93 bits per heavy atom. The summed E-state index contributed by atoms with van der Waals surface area (Å²) in [5, 5.41) is 12.2. The number of hydrogen-bond acceptors (Lipinski definition) is 4. The third-order valence-electron chi connectivity index (χ3n) is 4.11. The van der Waals surface area contributed by atoms with Crippen molar-refractivity contribution in [2.45, 2.75) is 30.4 Å². The third kappa shape index (κ3) is 4.86. The second-order valence-corrected chi connectivity index (χ2v) is 7.16. The van der Waals surface area contributed by atoms with Gasteiger partial charge in [0.15, 0.2) is 11.0 Å². The molecule has 1 amide bonds. The van der Waals surface area contributed by atoms with Crippen LogP contribution in [0.1, 0.15) is 34.7 Å². The minimum absolute atomic E-state index is 0.165. The van der Waals surface area contributed by atoms with Crippen LogP contribution in [0.25, 0.3) is 0 Å². The molecule has 1 aromatic heterocycles. The van der Waals surface area contributed by atoms with Crippen LogP contribution in [0.15, 0.2) is 72.4 Å². The minimum Gasteiger partial charge on any atom is -0.342 e. The molecule has 7 heteroatoms. The van der Waals surface area contributed by atoms with Gasteiger partial charge in [-0.25, -0.2) is 4.39 Å². The number of aromatic nitrogens is 3. The fraction of sp³-hybridized carbons (Fsp3) is 0.190. The number of allylic oxidation sites excluding steroid dienone is 1. The largest absolute Gasteiger partial charge is 0.342 e. The fourth-order valence-electron chi connectivity index (χ4n) is 2.69. The summed E-state index contributed by atoms with van der Waals surface area (Å²) in [5.41, 5.74) is 1.58. The molecule has 0 spiro atoms.